The van der Waals surface area contributed by atoms with Crippen LogP contribution in [0.2, 0.25) is 0 Å². The number of aliphatic hydroxyl groups is 1. The van der Waals surface area contributed by atoms with E-state index in [0.29, 0.717) is 12.3 Å². The molecule has 1 unspecified atom stereocenters. The van der Waals surface area contributed by atoms with Crippen molar-refractivity contribution in [1.29, 1.82) is 0 Å². The fourth-order valence-electron chi connectivity index (χ4n) is 1.32. The Morgan fingerprint density at radius 2 is 2.25 bits per heavy atom. The highest BCUT2D eigenvalue weighted by atomic mass is 127. The first kappa shape index (κ1) is 13.9. The number of halogens is 1. The number of nitrogens with two attached hydrogens (primary N) is 1. The Morgan fingerprint density at radius 3 is 2.81 bits per heavy atom. The van der Waals surface area contributed by atoms with Gasteiger partial charge in [-0.25, -0.2) is 0 Å². The van der Waals surface area contributed by atoms with E-state index >= 15 is 0 Å². The molecule has 0 bridgehead atoms. The summed E-state index contributed by atoms with van der Waals surface area (Å²) >= 11 is 3.87. The van der Waals surface area contributed by atoms with Gasteiger partial charge in [-0.2, -0.15) is 11.8 Å². The maximum atomic E-state index is 10.0. The summed E-state index contributed by atoms with van der Waals surface area (Å²) in [6.07, 6.45) is 1.99. The lowest BCUT2D eigenvalue weighted by atomic mass is 10.1. The largest absolute Gasteiger partial charge is 0.399 e. The number of benzene rings is 1. The van der Waals surface area contributed by atoms with Crippen molar-refractivity contribution in [2.45, 2.75) is 12.5 Å². The normalized spacial score (nSPS) is 14.5. The van der Waals surface area contributed by atoms with E-state index in [-0.39, 0.29) is 0 Å². The van der Waals surface area contributed by atoms with Crippen molar-refractivity contribution in [2.24, 2.45) is 0 Å². The number of anilines is 2. The van der Waals surface area contributed by atoms with Crippen LogP contribution in [0.4, 0.5) is 11.4 Å². The third-order valence-corrected chi connectivity index (χ3v) is 3.91. The fraction of sp³-hybridized carbons (Fsp3) is 0.455. The second-order valence-corrected chi connectivity index (χ2v) is 6.05. The summed E-state index contributed by atoms with van der Waals surface area (Å²) in [4.78, 5) is 0. The summed E-state index contributed by atoms with van der Waals surface area (Å²) in [7, 11) is 0. The minimum absolute atomic E-state index is 0.535. The van der Waals surface area contributed by atoms with E-state index in [0.717, 1.165) is 14.9 Å². The van der Waals surface area contributed by atoms with Crippen LogP contribution in [-0.4, -0.2) is 29.3 Å². The van der Waals surface area contributed by atoms with Crippen molar-refractivity contribution < 1.29 is 5.11 Å². The van der Waals surface area contributed by atoms with Crippen LogP contribution >= 0.6 is 34.4 Å². The van der Waals surface area contributed by atoms with E-state index in [9.17, 15) is 5.11 Å². The molecule has 90 valence electrons. The average Bonchev–Trinajstić information content (AvgIpc) is 2.16. The van der Waals surface area contributed by atoms with Gasteiger partial charge in [0.1, 0.15) is 0 Å². The Bertz CT molecular complexity index is 358. The van der Waals surface area contributed by atoms with Gasteiger partial charge in [0.05, 0.1) is 5.60 Å². The molecule has 1 aromatic carbocycles. The van der Waals surface area contributed by atoms with E-state index in [4.69, 9.17) is 5.73 Å². The minimum atomic E-state index is -0.691. The maximum Gasteiger partial charge on any atom is 0.0880 e. The lowest BCUT2D eigenvalue weighted by Crippen LogP contribution is -2.36. The van der Waals surface area contributed by atoms with Crippen molar-refractivity contribution in [3.63, 3.8) is 0 Å². The highest BCUT2D eigenvalue weighted by Crippen LogP contribution is 2.21. The Kier molecular flexibility index (Phi) is 5.20. The second-order valence-electron chi connectivity index (χ2n) is 4.02. The number of nitrogen functional groups attached to an aromatic ring is 1. The Hall–Kier alpha value is -0.140. The topological polar surface area (TPSA) is 58.3 Å². The summed E-state index contributed by atoms with van der Waals surface area (Å²) in [5.41, 5.74) is 6.75. The zero-order chi connectivity index (χ0) is 12.2. The number of rotatable bonds is 5. The predicted octanol–water partition coefficient (Wildman–Crippen LogP) is 2.40. The first-order valence-corrected chi connectivity index (χ1v) is 7.42. The van der Waals surface area contributed by atoms with E-state index in [1.807, 2.05) is 31.4 Å². The minimum Gasteiger partial charge on any atom is -0.399 e. The van der Waals surface area contributed by atoms with Crippen LogP contribution in [0.15, 0.2) is 18.2 Å². The van der Waals surface area contributed by atoms with E-state index < -0.39 is 5.60 Å². The second kappa shape index (κ2) is 5.97. The number of hydrogen-bond acceptors (Lipinski definition) is 4. The number of thioether (sulfide) groups is 1. The maximum absolute atomic E-state index is 10.0. The molecule has 5 heteroatoms. The molecule has 1 atom stereocenters. The Morgan fingerprint density at radius 1 is 1.56 bits per heavy atom. The molecule has 16 heavy (non-hydrogen) atoms. The van der Waals surface area contributed by atoms with Crippen LogP contribution < -0.4 is 11.1 Å². The molecule has 0 saturated heterocycles. The standard InChI is InChI=1S/C11H17IN2OS/c1-11(15,7-16-2)6-14-10-4-3-8(13)5-9(10)12/h3-5,14-15H,6-7,13H2,1-2H3. The van der Waals surface area contributed by atoms with E-state index in [1.165, 1.54) is 0 Å². The van der Waals surface area contributed by atoms with Gasteiger partial charge in [-0.1, -0.05) is 0 Å². The van der Waals surface area contributed by atoms with E-state index in [1.54, 1.807) is 11.8 Å². The first-order chi connectivity index (χ1) is 7.44. The number of hydrogen-bond donors (Lipinski definition) is 3. The molecule has 0 fully saturated rings. The van der Waals surface area contributed by atoms with Gasteiger partial charge in [-0.15, -0.1) is 0 Å². The third-order valence-electron chi connectivity index (χ3n) is 2.11. The summed E-state index contributed by atoms with van der Waals surface area (Å²) in [5, 5.41) is 13.2. The fourth-order valence-corrected chi connectivity index (χ4v) is 2.78. The van der Waals surface area contributed by atoms with Crippen molar-refractivity contribution in [3.05, 3.63) is 21.8 Å². The van der Waals surface area contributed by atoms with Crippen LogP contribution in [0.3, 0.4) is 0 Å². The highest BCUT2D eigenvalue weighted by Gasteiger charge is 2.19. The molecule has 0 aliphatic rings. The van der Waals surface area contributed by atoms with Crippen LogP contribution in [0, 0.1) is 3.57 Å². The predicted molar refractivity (Wildman–Crippen MR) is 81.1 cm³/mol. The summed E-state index contributed by atoms with van der Waals surface area (Å²) in [6.45, 7) is 2.37. The van der Waals surface area contributed by atoms with Gasteiger partial charge in [-0.3, -0.25) is 0 Å². The molecule has 0 amide bonds. The molecule has 4 N–H and O–H groups in total. The van der Waals surface area contributed by atoms with Crippen LogP contribution in [0.25, 0.3) is 0 Å². The summed E-state index contributed by atoms with van der Waals surface area (Å²) in [5.74, 6) is 0.714. The summed E-state index contributed by atoms with van der Waals surface area (Å²) < 4.78 is 1.07. The van der Waals surface area contributed by atoms with Crippen LogP contribution in [-0.2, 0) is 0 Å². The smallest absolute Gasteiger partial charge is 0.0880 e. The lowest BCUT2D eigenvalue weighted by molar-refractivity contribution is 0.0997. The molecule has 0 aromatic heterocycles. The van der Waals surface area contributed by atoms with Gasteiger partial charge < -0.3 is 16.2 Å². The van der Waals surface area contributed by atoms with Crippen molar-refractivity contribution in [3.8, 4) is 0 Å². The molecule has 0 radical (unpaired) electrons. The average molecular weight is 352 g/mol. The van der Waals surface area contributed by atoms with Gasteiger partial charge in [0.25, 0.3) is 0 Å². The molecule has 1 rings (SSSR count). The molecule has 0 heterocycles. The molecule has 0 saturated carbocycles. The third kappa shape index (κ3) is 4.39. The first-order valence-electron chi connectivity index (χ1n) is 4.95. The molecule has 0 spiro atoms. The van der Waals surface area contributed by atoms with Gasteiger partial charge in [0.2, 0.25) is 0 Å². The van der Waals surface area contributed by atoms with Gasteiger partial charge >= 0.3 is 0 Å². The monoisotopic (exact) mass is 352 g/mol. The zero-order valence-corrected chi connectivity index (χ0v) is 12.4. The Balaban J connectivity index is 2.61. The van der Waals surface area contributed by atoms with Crippen molar-refractivity contribution >= 4 is 45.7 Å². The van der Waals surface area contributed by atoms with Crippen LogP contribution in [0.5, 0.6) is 0 Å². The Labute approximate surface area is 114 Å². The SMILES string of the molecule is CSCC(C)(O)CNc1ccc(N)cc1I. The summed E-state index contributed by atoms with van der Waals surface area (Å²) in [6, 6.07) is 5.70. The van der Waals surface area contributed by atoms with Gasteiger partial charge in [0, 0.05) is 27.2 Å². The molecule has 1 aromatic rings. The quantitative estimate of drug-likeness (QED) is 0.563. The molecular weight excluding hydrogens is 335 g/mol. The van der Waals surface area contributed by atoms with Gasteiger partial charge in [-0.05, 0) is 54.0 Å². The van der Waals surface area contributed by atoms with Gasteiger partial charge in [0.15, 0.2) is 0 Å². The molecule has 3 nitrogen and oxygen atoms in total. The highest BCUT2D eigenvalue weighted by molar-refractivity contribution is 14.1. The molecule has 0 aliphatic heterocycles. The van der Waals surface area contributed by atoms with Crippen molar-refractivity contribution in [2.75, 3.05) is 29.6 Å². The number of nitrogens with one attached hydrogen (secondary N) is 1. The lowest BCUT2D eigenvalue weighted by Gasteiger charge is -2.23. The molecule has 0 aliphatic carbocycles. The van der Waals surface area contributed by atoms with Crippen molar-refractivity contribution in [1.82, 2.24) is 0 Å². The molecular formula is C11H17IN2OS. The van der Waals surface area contributed by atoms with E-state index in [2.05, 4.69) is 27.9 Å². The zero-order valence-electron chi connectivity index (χ0n) is 9.46. The van der Waals surface area contributed by atoms with Crippen LogP contribution in [0.1, 0.15) is 6.92 Å².